The number of fused-ring (bicyclic) bond motifs is 5. The number of nitrogens with two attached hydrogens (primary N) is 1. The highest BCUT2D eigenvalue weighted by Gasteiger charge is 2.34. The Hall–Kier alpha value is -3.14. The lowest BCUT2D eigenvalue weighted by atomic mass is 9.74. The van der Waals surface area contributed by atoms with Crippen LogP contribution in [-0.2, 0) is 12.8 Å². The minimum atomic E-state index is -0.0642. The van der Waals surface area contributed by atoms with Crippen LogP contribution in [0.25, 0.3) is 21.8 Å². The summed E-state index contributed by atoms with van der Waals surface area (Å²) in [6.07, 6.45) is 2.05. The van der Waals surface area contributed by atoms with Gasteiger partial charge in [-0.15, -0.1) is 0 Å². The SMILES string of the molecule is CC1(C)CC(=O)c2c(nc(Cc3cccc(N)c3)c3[nH]c4ccccc4c23)C1. The number of anilines is 1. The maximum absolute atomic E-state index is 13.1. The highest BCUT2D eigenvalue weighted by atomic mass is 16.1. The van der Waals surface area contributed by atoms with Crippen LogP contribution in [0.3, 0.4) is 0 Å². The maximum atomic E-state index is 13.1. The number of aromatic nitrogens is 2. The maximum Gasteiger partial charge on any atom is 0.165 e. The first-order valence-electron chi connectivity index (χ1n) is 9.71. The van der Waals surface area contributed by atoms with Crippen molar-refractivity contribution in [3.8, 4) is 0 Å². The first-order chi connectivity index (χ1) is 13.4. The second-order valence-electron chi connectivity index (χ2n) is 8.66. The van der Waals surface area contributed by atoms with Gasteiger partial charge in [-0.2, -0.15) is 0 Å². The predicted octanol–water partition coefficient (Wildman–Crippen LogP) is 5.04. The Bertz CT molecular complexity index is 1250. The number of benzene rings is 2. The second kappa shape index (κ2) is 5.93. The average Bonchev–Trinajstić information content (AvgIpc) is 3.00. The van der Waals surface area contributed by atoms with Gasteiger partial charge in [-0.05, 0) is 35.6 Å². The second-order valence-corrected chi connectivity index (χ2v) is 8.66. The van der Waals surface area contributed by atoms with Crippen LogP contribution in [0.5, 0.6) is 0 Å². The van der Waals surface area contributed by atoms with Crippen molar-refractivity contribution in [1.29, 1.82) is 0 Å². The molecule has 140 valence electrons. The molecule has 4 aromatic rings. The number of H-pyrrole nitrogens is 1. The van der Waals surface area contributed by atoms with Gasteiger partial charge in [0.1, 0.15) is 0 Å². The molecule has 2 aromatic carbocycles. The van der Waals surface area contributed by atoms with Gasteiger partial charge in [0, 0.05) is 40.4 Å². The third-order valence-electron chi connectivity index (χ3n) is 5.69. The van der Waals surface area contributed by atoms with Gasteiger partial charge in [0.15, 0.2) is 5.78 Å². The van der Waals surface area contributed by atoms with E-state index in [2.05, 4.69) is 37.0 Å². The van der Waals surface area contributed by atoms with Crippen molar-refractivity contribution in [3.63, 3.8) is 0 Å². The quantitative estimate of drug-likeness (QED) is 0.486. The number of hydrogen-bond donors (Lipinski definition) is 2. The summed E-state index contributed by atoms with van der Waals surface area (Å²) in [4.78, 5) is 21.6. The van der Waals surface area contributed by atoms with Gasteiger partial charge >= 0.3 is 0 Å². The molecule has 4 heteroatoms. The average molecular weight is 369 g/mol. The zero-order valence-corrected chi connectivity index (χ0v) is 16.2. The number of nitrogens with one attached hydrogen (secondary N) is 1. The van der Waals surface area contributed by atoms with Gasteiger partial charge in [-0.3, -0.25) is 9.78 Å². The molecule has 0 saturated heterocycles. The highest BCUT2D eigenvalue weighted by molar-refractivity contribution is 6.19. The van der Waals surface area contributed by atoms with Crippen molar-refractivity contribution in [2.24, 2.45) is 5.41 Å². The molecule has 0 fully saturated rings. The highest BCUT2D eigenvalue weighted by Crippen LogP contribution is 2.40. The number of para-hydroxylation sites is 1. The van der Waals surface area contributed by atoms with Crippen LogP contribution in [0.15, 0.2) is 48.5 Å². The van der Waals surface area contributed by atoms with Gasteiger partial charge in [0.25, 0.3) is 0 Å². The van der Waals surface area contributed by atoms with E-state index in [9.17, 15) is 4.79 Å². The molecule has 0 unspecified atom stereocenters. The van der Waals surface area contributed by atoms with Crippen LogP contribution < -0.4 is 5.73 Å². The van der Waals surface area contributed by atoms with Crippen LogP contribution in [0, 0.1) is 5.41 Å². The van der Waals surface area contributed by atoms with Crippen molar-refractivity contribution in [3.05, 3.63) is 71.0 Å². The fraction of sp³-hybridized carbons (Fsp3) is 0.250. The molecular formula is C24H23N3O. The summed E-state index contributed by atoms with van der Waals surface area (Å²) in [5.74, 6) is 0.198. The van der Waals surface area contributed by atoms with Crippen molar-refractivity contribution in [2.45, 2.75) is 33.1 Å². The molecule has 28 heavy (non-hydrogen) atoms. The number of pyridine rings is 1. The minimum Gasteiger partial charge on any atom is -0.399 e. The first kappa shape index (κ1) is 17.0. The normalized spacial score (nSPS) is 15.9. The van der Waals surface area contributed by atoms with Gasteiger partial charge in [-0.25, -0.2) is 0 Å². The van der Waals surface area contributed by atoms with Gasteiger partial charge in [-0.1, -0.05) is 44.2 Å². The van der Waals surface area contributed by atoms with Crippen LogP contribution in [0.4, 0.5) is 5.69 Å². The van der Waals surface area contributed by atoms with Gasteiger partial charge in [0.2, 0.25) is 0 Å². The number of nitrogen functional groups attached to an aromatic ring is 1. The van der Waals surface area contributed by atoms with E-state index < -0.39 is 0 Å². The summed E-state index contributed by atoms with van der Waals surface area (Å²) in [7, 11) is 0. The molecule has 2 aromatic heterocycles. The van der Waals surface area contributed by atoms with Crippen molar-refractivity contribution < 1.29 is 4.79 Å². The van der Waals surface area contributed by atoms with Crippen LogP contribution in [-0.4, -0.2) is 15.8 Å². The fourth-order valence-corrected chi connectivity index (χ4v) is 4.53. The number of aromatic amines is 1. The molecule has 1 aliphatic carbocycles. The predicted molar refractivity (Wildman–Crippen MR) is 114 cm³/mol. The van der Waals surface area contributed by atoms with E-state index >= 15 is 0 Å². The molecule has 0 atom stereocenters. The molecule has 5 rings (SSSR count). The third kappa shape index (κ3) is 2.68. The smallest absolute Gasteiger partial charge is 0.165 e. The Kier molecular flexibility index (Phi) is 3.60. The molecule has 0 saturated carbocycles. The standard InChI is InChI=1S/C24H23N3O/c1-24(2)12-19-22(20(28)13-24)21-16-8-3-4-9-17(16)27-23(21)18(26-19)11-14-6-5-7-15(25)10-14/h3-10,27H,11-13,25H2,1-2H3. The Balaban J connectivity index is 1.81. The Labute approximate surface area is 163 Å². The van der Waals surface area contributed by atoms with E-state index in [1.54, 1.807) is 0 Å². The largest absolute Gasteiger partial charge is 0.399 e. The molecule has 1 aliphatic rings. The monoisotopic (exact) mass is 369 g/mol. The third-order valence-corrected chi connectivity index (χ3v) is 5.69. The molecule has 4 nitrogen and oxygen atoms in total. The summed E-state index contributed by atoms with van der Waals surface area (Å²) < 4.78 is 0. The Morgan fingerprint density at radius 2 is 1.93 bits per heavy atom. The minimum absolute atomic E-state index is 0.0642. The number of carbonyl (C=O) groups excluding carboxylic acids is 1. The van der Waals surface area contributed by atoms with Crippen LogP contribution in [0.1, 0.15) is 47.6 Å². The van der Waals surface area contributed by atoms with Crippen molar-refractivity contribution in [1.82, 2.24) is 9.97 Å². The van der Waals surface area contributed by atoms with Crippen LogP contribution >= 0.6 is 0 Å². The first-order valence-corrected chi connectivity index (χ1v) is 9.71. The van der Waals surface area contributed by atoms with Gasteiger partial charge < -0.3 is 10.7 Å². The lowest BCUT2D eigenvalue weighted by molar-refractivity contribution is 0.0912. The molecule has 0 radical (unpaired) electrons. The molecule has 2 heterocycles. The zero-order chi connectivity index (χ0) is 19.5. The lowest BCUT2D eigenvalue weighted by Gasteiger charge is -2.30. The summed E-state index contributed by atoms with van der Waals surface area (Å²) in [6, 6.07) is 16.1. The summed E-state index contributed by atoms with van der Waals surface area (Å²) in [6.45, 7) is 4.29. The van der Waals surface area contributed by atoms with Crippen LogP contribution in [0.2, 0.25) is 0 Å². The number of rotatable bonds is 2. The molecular weight excluding hydrogens is 346 g/mol. The van der Waals surface area contributed by atoms with E-state index in [-0.39, 0.29) is 11.2 Å². The molecule has 0 spiro atoms. The molecule has 0 amide bonds. The van der Waals surface area contributed by atoms with Gasteiger partial charge in [0.05, 0.1) is 16.9 Å². The Morgan fingerprint density at radius 3 is 2.75 bits per heavy atom. The van der Waals surface area contributed by atoms with E-state index in [0.29, 0.717) is 12.8 Å². The summed E-state index contributed by atoms with van der Waals surface area (Å²) >= 11 is 0. The van der Waals surface area contributed by atoms with E-state index in [1.807, 2.05) is 30.3 Å². The van der Waals surface area contributed by atoms with Crippen molar-refractivity contribution >= 4 is 33.3 Å². The van der Waals surface area contributed by atoms with E-state index in [4.69, 9.17) is 10.7 Å². The number of Topliss-reactive ketones (excluding diaryl/α,β-unsaturated/α-hetero) is 1. The van der Waals surface area contributed by atoms with Crippen molar-refractivity contribution in [2.75, 3.05) is 5.73 Å². The van der Waals surface area contributed by atoms with E-state index in [0.717, 1.165) is 56.4 Å². The Morgan fingerprint density at radius 1 is 1.11 bits per heavy atom. The summed E-state index contributed by atoms with van der Waals surface area (Å²) in [5.41, 5.74) is 12.5. The van der Waals surface area contributed by atoms with E-state index in [1.165, 1.54) is 0 Å². The lowest BCUT2D eigenvalue weighted by Crippen LogP contribution is -2.28. The number of ketones is 1. The molecule has 0 aliphatic heterocycles. The number of carbonyl (C=O) groups is 1. The molecule has 3 N–H and O–H groups in total. The number of hydrogen-bond acceptors (Lipinski definition) is 3. The summed E-state index contributed by atoms with van der Waals surface area (Å²) in [5, 5.41) is 2.12. The fourth-order valence-electron chi connectivity index (χ4n) is 4.53. The number of nitrogens with zero attached hydrogens (tertiary/aromatic N) is 1. The molecule has 0 bridgehead atoms. The zero-order valence-electron chi connectivity index (χ0n) is 16.2. The topological polar surface area (TPSA) is 71.8 Å².